The number of hydrogen-bond acceptors (Lipinski definition) is 1. The molecule has 0 saturated carbocycles. The minimum Gasteiger partial charge on any atom is -0.482 e. The van der Waals surface area contributed by atoms with Crippen LogP contribution in [-0.4, -0.2) is 0 Å². The summed E-state index contributed by atoms with van der Waals surface area (Å²) in [5.41, 5.74) is 8.02. The number of hydrogen-bond donors (Lipinski definition) is 0. The average molecular weight is 531 g/mol. The van der Waals surface area contributed by atoms with Crippen molar-refractivity contribution in [2.24, 2.45) is 0 Å². The van der Waals surface area contributed by atoms with Gasteiger partial charge in [0, 0.05) is 11.1 Å². The van der Waals surface area contributed by atoms with E-state index in [0.29, 0.717) is 0 Å². The van der Waals surface area contributed by atoms with Crippen molar-refractivity contribution in [2.75, 3.05) is 0 Å². The van der Waals surface area contributed by atoms with Gasteiger partial charge in [-0.05, 0) is 81.2 Å². The van der Waals surface area contributed by atoms with Crippen LogP contribution in [0.3, 0.4) is 0 Å². The highest BCUT2D eigenvalue weighted by atomic mass is 16.5. The molecule has 0 bridgehead atoms. The molecule has 0 fully saturated rings. The highest BCUT2D eigenvalue weighted by Gasteiger charge is 2.40. The standard InChI is InChI=1S/C38H58O/c1-6-9-12-14-16-19-26-38(27-20-17-15-13-10-7-2)36-30-33(28-31(4)21-18-11-8-3)23-25-34(36)35-24-22-32(5)29-37(35)39-38/h22-25,28-30H,6-21,26-27H2,1-5H3. The average Bonchev–Trinajstić information content (AvgIpc) is 2.92. The molecule has 0 saturated heterocycles. The molecule has 1 heteroatoms. The van der Waals surface area contributed by atoms with E-state index >= 15 is 0 Å². The minimum absolute atomic E-state index is 0.217. The molecule has 39 heavy (non-hydrogen) atoms. The summed E-state index contributed by atoms with van der Waals surface area (Å²) in [4.78, 5) is 0. The van der Waals surface area contributed by atoms with Crippen molar-refractivity contribution in [3.8, 4) is 16.9 Å². The van der Waals surface area contributed by atoms with Crippen LogP contribution in [0.4, 0.5) is 0 Å². The van der Waals surface area contributed by atoms with E-state index in [1.165, 1.54) is 136 Å². The SMILES string of the molecule is CCCCCCCCC1(CCCCCCCC)Oc2cc(C)ccc2-c2ccc(C=C(C)CCCCC)cc21. The summed E-state index contributed by atoms with van der Waals surface area (Å²) in [6.45, 7) is 11.4. The van der Waals surface area contributed by atoms with Gasteiger partial charge in [-0.25, -0.2) is 0 Å². The summed E-state index contributed by atoms with van der Waals surface area (Å²) in [5, 5.41) is 0. The van der Waals surface area contributed by atoms with Crippen LogP contribution in [0.25, 0.3) is 17.2 Å². The van der Waals surface area contributed by atoms with E-state index in [4.69, 9.17) is 4.74 Å². The number of benzene rings is 2. The van der Waals surface area contributed by atoms with E-state index in [2.05, 4.69) is 77.1 Å². The Morgan fingerprint density at radius 1 is 0.667 bits per heavy atom. The Bertz CT molecular complexity index is 997. The van der Waals surface area contributed by atoms with Crippen LogP contribution in [0.2, 0.25) is 0 Å². The Hall–Kier alpha value is -2.02. The van der Waals surface area contributed by atoms with E-state index in [-0.39, 0.29) is 5.60 Å². The van der Waals surface area contributed by atoms with E-state index in [0.717, 1.165) is 18.6 Å². The lowest BCUT2D eigenvalue weighted by Crippen LogP contribution is -2.36. The second-order valence-electron chi connectivity index (χ2n) is 12.4. The molecular formula is C38H58O. The van der Waals surface area contributed by atoms with Gasteiger partial charge in [0.15, 0.2) is 0 Å². The van der Waals surface area contributed by atoms with Gasteiger partial charge in [0.25, 0.3) is 0 Å². The molecule has 1 heterocycles. The van der Waals surface area contributed by atoms with Crippen molar-refractivity contribution < 1.29 is 4.74 Å². The fourth-order valence-electron chi connectivity index (χ4n) is 6.35. The fraction of sp³-hybridized carbons (Fsp3) is 0.632. The largest absolute Gasteiger partial charge is 0.482 e. The first-order valence-electron chi connectivity index (χ1n) is 16.6. The molecule has 2 aromatic rings. The van der Waals surface area contributed by atoms with Crippen molar-refractivity contribution in [3.05, 3.63) is 58.7 Å². The van der Waals surface area contributed by atoms with Gasteiger partial charge in [-0.15, -0.1) is 0 Å². The lowest BCUT2D eigenvalue weighted by molar-refractivity contribution is 0.0385. The number of unbranched alkanes of at least 4 members (excludes halogenated alkanes) is 12. The molecule has 0 atom stereocenters. The Morgan fingerprint density at radius 2 is 1.23 bits per heavy atom. The lowest BCUT2D eigenvalue weighted by atomic mass is 9.76. The molecule has 0 spiro atoms. The van der Waals surface area contributed by atoms with Gasteiger partial charge in [-0.2, -0.15) is 0 Å². The monoisotopic (exact) mass is 530 g/mol. The Morgan fingerprint density at radius 3 is 1.87 bits per heavy atom. The van der Waals surface area contributed by atoms with Crippen LogP contribution in [0.5, 0.6) is 5.75 Å². The second-order valence-corrected chi connectivity index (χ2v) is 12.4. The maximum absolute atomic E-state index is 7.20. The molecule has 3 rings (SSSR count). The van der Waals surface area contributed by atoms with Crippen LogP contribution >= 0.6 is 0 Å². The summed E-state index contributed by atoms with van der Waals surface area (Å²) >= 11 is 0. The second kappa shape index (κ2) is 16.9. The first-order chi connectivity index (χ1) is 19.0. The molecule has 2 aromatic carbocycles. The van der Waals surface area contributed by atoms with E-state index < -0.39 is 0 Å². The normalized spacial score (nSPS) is 14.1. The van der Waals surface area contributed by atoms with Gasteiger partial charge in [-0.3, -0.25) is 0 Å². The lowest BCUT2D eigenvalue weighted by Gasteiger charge is -2.41. The first-order valence-corrected chi connectivity index (χ1v) is 16.6. The fourth-order valence-corrected chi connectivity index (χ4v) is 6.35. The van der Waals surface area contributed by atoms with Gasteiger partial charge in [0.2, 0.25) is 0 Å². The smallest absolute Gasteiger partial charge is 0.135 e. The van der Waals surface area contributed by atoms with E-state index in [1.807, 2.05) is 0 Å². The third-order valence-corrected chi connectivity index (χ3v) is 8.72. The van der Waals surface area contributed by atoms with E-state index in [9.17, 15) is 0 Å². The maximum Gasteiger partial charge on any atom is 0.135 e. The summed E-state index contributed by atoms with van der Waals surface area (Å²) in [6.07, 6.45) is 25.7. The molecule has 1 nitrogen and oxygen atoms in total. The zero-order chi connectivity index (χ0) is 27.9. The zero-order valence-corrected chi connectivity index (χ0v) is 26.2. The zero-order valence-electron chi connectivity index (χ0n) is 26.2. The van der Waals surface area contributed by atoms with E-state index in [1.54, 1.807) is 0 Å². The molecule has 1 aliphatic rings. The van der Waals surface area contributed by atoms with Crippen LogP contribution < -0.4 is 4.74 Å². The predicted molar refractivity (Wildman–Crippen MR) is 173 cm³/mol. The molecule has 0 aromatic heterocycles. The third-order valence-electron chi connectivity index (χ3n) is 8.72. The predicted octanol–water partition coefficient (Wildman–Crippen LogP) is 12.7. The minimum atomic E-state index is -0.217. The van der Waals surface area contributed by atoms with Gasteiger partial charge < -0.3 is 4.74 Å². The summed E-state index contributed by atoms with van der Waals surface area (Å²) < 4.78 is 7.20. The topological polar surface area (TPSA) is 9.23 Å². The molecule has 1 aliphatic heterocycles. The number of fused-ring (bicyclic) bond motifs is 3. The van der Waals surface area contributed by atoms with Crippen LogP contribution in [0.15, 0.2) is 42.0 Å². The van der Waals surface area contributed by atoms with Crippen LogP contribution in [-0.2, 0) is 5.60 Å². The Labute approximate surface area is 241 Å². The number of allylic oxidation sites excluding steroid dienone is 1. The molecule has 0 N–H and O–H groups in total. The van der Waals surface area contributed by atoms with Crippen molar-refractivity contribution in [1.82, 2.24) is 0 Å². The maximum atomic E-state index is 7.20. The number of ether oxygens (including phenoxy) is 1. The first kappa shape index (κ1) is 31.5. The quantitative estimate of drug-likeness (QED) is 0.164. The molecule has 0 unspecified atom stereocenters. The van der Waals surface area contributed by atoms with Gasteiger partial charge in [0.05, 0.1) is 0 Å². The number of rotatable bonds is 19. The summed E-state index contributed by atoms with van der Waals surface area (Å²) in [6, 6.07) is 14.0. The van der Waals surface area contributed by atoms with Crippen LogP contribution in [0.1, 0.15) is 160 Å². The van der Waals surface area contributed by atoms with Gasteiger partial charge >= 0.3 is 0 Å². The van der Waals surface area contributed by atoms with Crippen molar-refractivity contribution in [1.29, 1.82) is 0 Å². The van der Waals surface area contributed by atoms with Crippen molar-refractivity contribution in [3.63, 3.8) is 0 Å². The third kappa shape index (κ3) is 9.54. The Balaban J connectivity index is 1.93. The highest BCUT2D eigenvalue weighted by molar-refractivity contribution is 5.78. The molecule has 216 valence electrons. The molecule has 0 radical (unpaired) electrons. The molecule has 0 aliphatic carbocycles. The number of aryl methyl sites for hydroxylation is 1. The van der Waals surface area contributed by atoms with Crippen LogP contribution in [0, 0.1) is 6.92 Å². The van der Waals surface area contributed by atoms with Crippen molar-refractivity contribution >= 4 is 6.08 Å². The Kier molecular flexibility index (Phi) is 13.7. The van der Waals surface area contributed by atoms with Gasteiger partial charge in [0.1, 0.15) is 11.4 Å². The van der Waals surface area contributed by atoms with Gasteiger partial charge in [-0.1, -0.05) is 134 Å². The summed E-state index contributed by atoms with van der Waals surface area (Å²) in [5.74, 6) is 1.10. The highest BCUT2D eigenvalue weighted by Crippen LogP contribution is 2.50. The van der Waals surface area contributed by atoms with Crippen molar-refractivity contribution in [2.45, 2.75) is 156 Å². The molecular weight excluding hydrogens is 472 g/mol. The molecule has 0 amide bonds. The summed E-state index contributed by atoms with van der Waals surface area (Å²) in [7, 11) is 0.